The van der Waals surface area contributed by atoms with Gasteiger partial charge in [0.05, 0.1) is 12.2 Å². The van der Waals surface area contributed by atoms with Crippen molar-refractivity contribution in [1.29, 1.82) is 0 Å². The van der Waals surface area contributed by atoms with Gasteiger partial charge >= 0.3 is 0 Å². The molecule has 0 aromatic heterocycles. The van der Waals surface area contributed by atoms with Crippen LogP contribution in [0, 0.1) is 6.92 Å². The summed E-state index contributed by atoms with van der Waals surface area (Å²) < 4.78 is 5.60. The van der Waals surface area contributed by atoms with Crippen molar-refractivity contribution in [2.75, 3.05) is 6.61 Å². The molecular formula is C14H20O2. The highest BCUT2D eigenvalue weighted by molar-refractivity contribution is 5.26. The lowest BCUT2D eigenvalue weighted by Crippen LogP contribution is -2.33. The van der Waals surface area contributed by atoms with Gasteiger partial charge in [-0.25, -0.2) is 0 Å². The van der Waals surface area contributed by atoms with E-state index in [4.69, 9.17) is 4.74 Å². The van der Waals surface area contributed by atoms with Gasteiger partial charge in [0.15, 0.2) is 0 Å². The lowest BCUT2D eigenvalue weighted by Gasteiger charge is -2.27. The molecule has 1 fully saturated rings. The molecule has 0 amide bonds. The van der Waals surface area contributed by atoms with E-state index in [2.05, 4.69) is 19.1 Å². The van der Waals surface area contributed by atoms with Gasteiger partial charge in [-0.15, -0.1) is 0 Å². The second kappa shape index (κ2) is 5.46. The average molecular weight is 220 g/mol. The summed E-state index contributed by atoms with van der Waals surface area (Å²) in [6.45, 7) is 2.89. The normalized spacial score (nSPS) is 23.0. The van der Waals surface area contributed by atoms with E-state index in [0.717, 1.165) is 19.4 Å². The number of benzene rings is 1. The van der Waals surface area contributed by atoms with Crippen molar-refractivity contribution in [3.8, 4) is 0 Å². The third-order valence-corrected chi connectivity index (χ3v) is 3.33. The minimum absolute atomic E-state index is 0.0355. The van der Waals surface area contributed by atoms with Gasteiger partial charge in [-0.05, 0) is 37.3 Å². The van der Waals surface area contributed by atoms with E-state index in [9.17, 15) is 5.11 Å². The van der Waals surface area contributed by atoms with E-state index in [1.165, 1.54) is 17.5 Å². The molecule has 0 bridgehead atoms. The van der Waals surface area contributed by atoms with Crippen molar-refractivity contribution >= 4 is 0 Å². The fourth-order valence-corrected chi connectivity index (χ4v) is 2.26. The lowest BCUT2D eigenvalue weighted by molar-refractivity contribution is -0.0611. The molecule has 0 aliphatic carbocycles. The SMILES string of the molecule is Cc1ccccc1CC(O)C1CCCCO1. The predicted molar refractivity (Wildman–Crippen MR) is 64.5 cm³/mol. The Morgan fingerprint density at radius 3 is 2.88 bits per heavy atom. The van der Waals surface area contributed by atoms with Crippen LogP contribution in [0.4, 0.5) is 0 Å². The molecule has 2 nitrogen and oxygen atoms in total. The second-order valence-corrected chi connectivity index (χ2v) is 4.60. The Labute approximate surface area is 97.3 Å². The second-order valence-electron chi connectivity index (χ2n) is 4.60. The molecule has 0 spiro atoms. The highest BCUT2D eigenvalue weighted by Crippen LogP contribution is 2.19. The molecule has 1 aliphatic heterocycles. The average Bonchev–Trinajstić information content (AvgIpc) is 2.33. The summed E-state index contributed by atoms with van der Waals surface area (Å²) in [6.07, 6.45) is 3.68. The monoisotopic (exact) mass is 220 g/mol. The summed E-state index contributed by atoms with van der Waals surface area (Å²) in [6, 6.07) is 8.23. The first-order chi connectivity index (χ1) is 7.77. The Hall–Kier alpha value is -0.860. The van der Waals surface area contributed by atoms with Gasteiger partial charge in [-0.2, -0.15) is 0 Å². The number of ether oxygens (including phenoxy) is 1. The zero-order valence-electron chi connectivity index (χ0n) is 9.86. The predicted octanol–water partition coefficient (Wildman–Crippen LogP) is 2.47. The zero-order chi connectivity index (χ0) is 11.4. The first-order valence-corrected chi connectivity index (χ1v) is 6.11. The molecule has 88 valence electrons. The molecule has 2 rings (SSSR count). The largest absolute Gasteiger partial charge is 0.390 e. The number of aliphatic hydroxyl groups is 1. The molecule has 1 N–H and O–H groups in total. The molecule has 1 saturated heterocycles. The molecule has 0 saturated carbocycles. The van der Waals surface area contributed by atoms with Crippen LogP contribution in [0.2, 0.25) is 0 Å². The minimum atomic E-state index is -0.360. The van der Waals surface area contributed by atoms with Crippen molar-refractivity contribution < 1.29 is 9.84 Å². The number of rotatable bonds is 3. The fraction of sp³-hybridized carbons (Fsp3) is 0.571. The maximum atomic E-state index is 10.1. The van der Waals surface area contributed by atoms with Gasteiger partial charge in [-0.1, -0.05) is 24.3 Å². The van der Waals surface area contributed by atoms with E-state index in [1.54, 1.807) is 0 Å². The fourth-order valence-electron chi connectivity index (χ4n) is 2.26. The van der Waals surface area contributed by atoms with Gasteiger partial charge in [0.1, 0.15) is 0 Å². The summed E-state index contributed by atoms with van der Waals surface area (Å²) in [5.41, 5.74) is 2.47. The molecule has 2 atom stereocenters. The molecule has 16 heavy (non-hydrogen) atoms. The number of aliphatic hydroxyl groups excluding tert-OH is 1. The van der Waals surface area contributed by atoms with Crippen molar-refractivity contribution in [1.82, 2.24) is 0 Å². The smallest absolute Gasteiger partial charge is 0.0842 e. The van der Waals surface area contributed by atoms with Crippen molar-refractivity contribution in [2.24, 2.45) is 0 Å². The van der Waals surface area contributed by atoms with E-state index in [1.807, 2.05) is 12.1 Å². The first-order valence-electron chi connectivity index (χ1n) is 6.11. The molecular weight excluding hydrogens is 200 g/mol. The Morgan fingerprint density at radius 1 is 1.38 bits per heavy atom. The quantitative estimate of drug-likeness (QED) is 0.848. The third-order valence-electron chi connectivity index (χ3n) is 3.33. The topological polar surface area (TPSA) is 29.5 Å². The van der Waals surface area contributed by atoms with Crippen LogP contribution in [-0.2, 0) is 11.2 Å². The number of hydrogen-bond acceptors (Lipinski definition) is 2. The Morgan fingerprint density at radius 2 is 2.19 bits per heavy atom. The van der Waals surface area contributed by atoms with Crippen molar-refractivity contribution in [3.05, 3.63) is 35.4 Å². The maximum Gasteiger partial charge on any atom is 0.0842 e. The molecule has 1 aromatic carbocycles. The van der Waals surface area contributed by atoms with Gasteiger partial charge in [0.25, 0.3) is 0 Å². The summed E-state index contributed by atoms with van der Waals surface area (Å²) in [5.74, 6) is 0. The van der Waals surface area contributed by atoms with Crippen LogP contribution in [0.1, 0.15) is 30.4 Å². The molecule has 0 radical (unpaired) electrons. The zero-order valence-corrected chi connectivity index (χ0v) is 9.86. The Bertz CT molecular complexity index is 329. The van der Waals surface area contributed by atoms with E-state index in [-0.39, 0.29) is 12.2 Å². The van der Waals surface area contributed by atoms with Crippen LogP contribution < -0.4 is 0 Å². The third kappa shape index (κ3) is 2.83. The Kier molecular flexibility index (Phi) is 3.97. The summed E-state index contributed by atoms with van der Waals surface area (Å²) in [5, 5.41) is 10.1. The molecule has 2 unspecified atom stereocenters. The Balaban J connectivity index is 1.96. The van der Waals surface area contributed by atoms with Crippen LogP contribution in [0.15, 0.2) is 24.3 Å². The number of aryl methyl sites for hydroxylation is 1. The van der Waals surface area contributed by atoms with Crippen LogP contribution in [-0.4, -0.2) is 23.9 Å². The summed E-state index contributed by atoms with van der Waals surface area (Å²) >= 11 is 0. The van der Waals surface area contributed by atoms with Crippen molar-refractivity contribution in [3.63, 3.8) is 0 Å². The molecule has 2 heteroatoms. The van der Waals surface area contributed by atoms with E-state index >= 15 is 0 Å². The van der Waals surface area contributed by atoms with Crippen LogP contribution in [0.3, 0.4) is 0 Å². The van der Waals surface area contributed by atoms with Gasteiger partial charge in [0.2, 0.25) is 0 Å². The van der Waals surface area contributed by atoms with E-state index in [0.29, 0.717) is 6.42 Å². The minimum Gasteiger partial charge on any atom is -0.390 e. The van der Waals surface area contributed by atoms with Gasteiger partial charge in [-0.3, -0.25) is 0 Å². The van der Waals surface area contributed by atoms with Crippen LogP contribution in [0.25, 0.3) is 0 Å². The standard InChI is InChI=1S/C14H20O2/c1-11-6-2-3-7-12(11)10-13(15)14-8-4-5-9-16-14/h2-3,6-7,13-15H,4-5,8-10H2,1H3. The molecule has 1 heterocycles. The lowest BCUT2D eigenvalue weighted by atomic mass is 9.96. The highest BCUT2D eigenvalue weighted by atomic mass is 16.5. The van der Waals surface area contributed by atoms with E-state index < -0.39 is 0 Å². The van der Waals surface area contributed by atoms with Crippen LogP contribution >= 0.6 is 0 Å². The summed E-state index contributed by atoms with van der Waals surface area (Å²) in [4.78, 5) is 0. The first kappa shape index (κ1) is 11.6. The van der Waals surface area contributed by atoms with Gasteiger partial charge < -0.3 is 9.84 Å². The maximum absolute atomic E-state index is 10.1. The van der Waals surface area contributed by atoms with Gasteiger partial charge in [0, 0.05) is 13.0 Å². The molecule has 1 aromatic rings. The molecule has 1 aliphatic rings. The number of hydrogen-bond donors (Lipinski definition) is 1. The van der Waals surface area contributed by atoms with Crippen LogP contribution in [0.5, 0.6) is 0 Å². The summed E-state index contributed by atoms with van der Waals surface area (Å²) in [7, 11) is 0. The van der Waals surface area contributed by atoms with Crippen molar-refractivity contribution in [2.45, 2.75) is 44.8 Å². The highest BCUT2D eigenvalue weighted by Gasteiger charge is 2.22.